The summed E-state index contributed by atoms with van der Waals surface area (Å²) in [5.74, 6) is 0.136. The Morgan fingerprint density at radius 3 is 2.74 bits per heavy atom. The molecule has 1 N–H and O–H groups in total. The van der Waals surface area contributed by atoms with Crippen LogP contribution in [-0.4, -0.2) is 46.2 Å². The second kappa shape index (κ2) is 6.29. The minimum atomic E-state index is -0.970. The second-order valence-corrected chi connectivity index (χ2v) is 5.88. The van der Waals surface area contributed by atoms with Crippen LogP contribution in [0.15, 0.2) is 28.7 Å². The van der Waals surface area contributed by atoms with E-state index in [-0.39, 0.29) is 12.5 Å². The van der Waals surface area contributed by atoms with Crippen molar-refractivity contribution < 1.29 is 19.4 Å². The summed E-state index contributed by atoms with van der Waals surface area (Å²) < 4.78 is 6.27. The van der Waals surface area contributed by atoms with E-state index in [1.54, 1.807) is 12.1 Å². The van der Waals surface area contributed by atoms with Gasteiger partial charge in [0.15, 0.2) is 6.61 Å². The number of halogens is 1. The van der Waals surface area contributed by atoms with Gasteiger partial charge in [0.1, 0.15) is 11.8 Å². The van der Waals surface area contributed by atoms with E-state index >= 15 is 0 Å². The first-order valence-electron chi connectivity index (χ1n) is 5.56. The van der Waals surface area contributed by atoms with Gasteiger partial charge in [-0.05, 0) is 24.3 Å². The fourth-order valence-electron chi connectivity index (χ4n) is 1.65. The summed E-state index contributed by atoms with van der Waals surface area (Å²) >= 11 is 4.74. The van der Waals surface area contributed by atoms with Crippen molar-refractivity contribution in [2.24, 2.45) is 0 Å². The van der Waals surface area contributed by atoms with Crippen LogP contribution in [0.4, 0.5) is 0 Å². The number of carboxylic acids is 1. The van der Waals surface area contributed by atoms with E-state index in [0.717, 1.165) is 4.47 Å². The van der Waals surface area contributed by atoms with Crippen LogP contribution in [0.1, 0.15) is 0 Å². The van der Waals surface area contributed by atoms with Crippen molar-refractivity contribution in [1.82, 2.24) is 4.90 Å². The summed E-state index contributed by atoms with van der Waals surface area (Å²) in [4.78, 5) is 24.2. The molecule has 5 nitrogen and oxygen atoms in total. The lowest BCUT2D eigenvalue weighted by Crippen LogP contribution is -2.43. The van der Waals surface area contributed by atoms with Gasteiger partial charge in [-0.25, -0.2) is 4.79 Å². The van der Waals surface area contributed by atoms with Gasteiger partial charge in [0.2, 0.25) is 0 Å². The van der Waals surface area contributed by atoms with Gasteiger partial charge in [0.25, 0.3) is 5.91 Å². The van der Waals surface area contributed by atoms with Crippen molar-refractivity contribution in [3.05, 3.63) is 28.7 Å². The topological polar surface area (TPSA) is 66.8 Å². The summed E-state index contributed by atoms with van der Waals surface area (Å²) in [5, 5.41) is 9.00. The molecule has 0 saturated carbocycles. The van der Waals surface area contributed by atoms with Gasteiger partial charge in [-0.1, -0.05) is 15.9 Å². The maximum atomic E-state index is 11.9. The van der Waals surface area contributed by atoms with Gasteiger partial charge < -0.3 is 14.7 Å². The Morgan fingerprint density at radius 2 is 2.11 bits per heavy atom. The molecule has 1 fully saturated rings. The minimum absolute atomic E-state index is 0.147. The molecule has 0 radical (unpaired) electrons. The molecule has 19 heavy (non-hydrogen) atoms. The third kappa shape index (κ3) is 3.63. The first-order valence-corrected chi connectivity index (χ1v) is 7.51. The van der Waals surface area contributed by atoms with E-state index in [2.05, 4.69) is 15.9 Å². The molecule has 1 unspecified atom stereocenters. The van der Waals surface area contributed by atoms with Crippen LogP contribution in [0.2, 0.25) is 0 Å². The van der Waals surface area contributed by atoms with Gasteiger partial charge >= 0.3 is 5.97 Å². The average molecular weight is 346 g/mol. The number of hydrogen-bond donors (Lipinski definition) is 1. The zero-order chi connectivity index (χ0) is 13.8. The lowest BCUT2D eigenvalue weighted by molar-refractivity contribution is -0.148. The third-order valence-electron chi connectivity index (χ3n) is 2.66. The number of ether oxygens (including phenoxy) is 1. The van der Waals surface area contributed by atoms with Gasteiger partial charge in [-0.15, -0.1) is 11.8 Å². The van der Waals surface area contributed by atoms with Crippen molar-refractivity contribution in [3.8, 4) is 5.75 Å². The summed E-state index contributed by atoms with van der Waals surface area (Å²) in [6.45, 7) is -0.147. The highest BCUT2D eigenvalue weighted by Crippen LogP contribution is 2.21. The van der Waals surface area contributed by atoms with Gasteiger partial charge in [0.05, 0.1) is 5.88 Å². The average Bonchev–Trinajstić information content (AvgIpc) is 2.87. The number of carbonyl (C=O) groups is 2. The number of carboxylic acid groups (broad SMARTS) is 1. The van der Waals surface area contributed by atoms with Crippen LogP contribution >= 0.6 is 27.7 Å². The number of rotatable bonds is 4. The monoisotopic (exact) mass is 345 g/mol. The highest BCUT2D eigenvalue weighted by atomic mass is 79.9. The summed E-state index contributed by atoms with van der Waals surface area (Å²) in [6.07, 6.45) is 0. The molecule has 1 aromatic rings. The largest absolute Gasteiger partial charge is 0.484 e. The minimum Gasteiger partial charge on any atom is -0.484 e. The summed E-state index contributed by atoms with van der Waals surface area (Å²) in [7, 11) is 0. The standard InChI is InChI=1S/C12H12BrNO4S/c13-8-1-3-9(4-2-8)18-5-11(15)14-7-19-6-10(14)12(16)17/h1-4,10H,5-7H2,(H,16,17). The Bertz CT molecular complexity index is 479. The van der Waals surface area contributed by atoms with E-state index in [1.807, 2.05) is 12.1 Å². The van der Waals surface area contributed by atoms with E-state index < -0.39 is 12.0 Å². The lowest BCUT2D eigenvalue weighted by atomic mass is 10.3. The van der Waals surface area contributed by atoms with Crippen LogP contribution in [0.3, 0.4) is 0 Å². The third-order valence-corrected chi connectivity index (χ3v) is 4.20. The predicted octanol–water partition coefficient (Wildman–Crippen LogP) is 1.81. The fraction of sp³-hybridized carbons (Fsp3) is 0.333. The first kappa shape index (κ1) is 14.2. The number of benzene rings is 1. The van der Waals surface area contributed by atoms with Gasteiger partial charge in [-0.3, -0.25) is 4.79 Å². The molecule has 2 rings (SSSR count). The molecule has 1 saturated heterocycles. The Kier molecular flexibility index (Phi) is 4.71. The Hall–Kier alpha value is -1.21. The maximum Gasteiger partial charge on any atom is 0.327 e. The zero-order valence-electron chi connectivity index (χ0n) is 9.91. The normalized spacial score (nSPS) is 18.4. The highest BCUT2D eigenvalue weighted by Gasteiger charge is 2.34. The van der Waals surface area contributed by atoms with Crippen LogP contribution in [0.5, 0.6) is 5.75 Å². The van der Waals surface area contributed by atoms with E-state index in [9.17, 15) is 9.59 Å². The van der Waals surface area contributed by atoms with Gasteiger partial charge in [-0.2, -0.15) is 0 Å². The molecular formula is C12H12BrNO4S. The molecule has 1 aliphatic heterocycles. The Labute approximate surface area is 123 Å². The number of carbonyl (C=O) groups excluding carboxylic acids is 1. The van der Waals surface area contributed by atoms with Crippen LogP contribution in [0.25, 0.3) is 0 Å². The SMILES string of the molecule is O=C(O)C1CSCN1C(=O)COc1ccc(Br)cc1. The number of aliphatic carboxylic acids is 1. The van der Waals surface area contributed by atoms with Crippen LogP contribution in [0, 0.1) is 0 Å². The van der Waals surface area contributed by atoms with Gasteiger partial charge in [0, 0.05) is 10.2 Å². The van der Waals surface area contributed by atoms with Crippen molar-refractivity contribution >= 4 is 39.6 Å². The molecule has 1 heterocycles. The molecule has 1 amide bonds. The maximum absolute atomic E-state index is 11.9. The molecule has 0 aliphatic carbocycles. The number of amides is 1. The highest BCUT2D eigenvalue weighted by molar-refractivity contribution is 9.10. The van der Waals surface area contributed by atoms with Crippen LogP contribution in [-0.2, 0) is 9.59 Å². The quantitative estimate of drug-likeness (QED) is 0.901. The molecule has 1 aliphatic rings. The van der Waals surface area contributed by atoms with Crippen molar-refractivity contribution in [2.45, 2.75) is 6.04 Å². The molecule has 7 heteroatoms. The van der Waals surface area contributed by atoms with Crippen molar-refractivity contribution in [2.75, 3.05) is 18.2 Å². The lowest BCUT2D eigenvalue weighted by Gasteiger charge is -2.20. The van der Waals surface area contributed by atoms with Crippen molar-refractivity contribution in [3.63, 3.8) is 0 Å². The van der Waals surface area contributed by atoms with E-state index in [0.29, 0.717) is 17.4 Å². The Balaban J connectivity index is 1.90. The molecule has 102 valence electrons. The van der Waals surface area contributed by atoms with E-state index in [1.165, 1.54) is 16.7 Å². The molecule has 1 aromatic carbocycles. The number of nitrogens with zero attached hydrogens (tertiary/aromatic N) is 1. The summed E-state index contributed by atoms with van der Waals surface area (Å²) in [6, 6.07) is 6.36. The Morgan fingerprint density at radius 1 is 1.42 bits per heavy atom. The molecular weight excluding hydrogens is 334 g/mol. The van der Waals surface area contributed by atoms with Crippen LogP contribution < -0.4 is 4.74 Å². The molecule has 1 atom stereocenters. The van der Waals surface area contributed by atoms with E-state index in [4.69, 9.17) is 9.84 Å². The second-order valence-electron chi connectivity index (χ2n) is 3.96. The summed E-state index contributed by atoms with van der Waals surface area (Å²) in [5.41, 5.74) is 0. The van der Waals surface area contributed by atoms with Crippen molar-refractivity contribution in [1.29, 1.82) is 0 Å². The zero-order valence-corrected chi connectivity index (χ0v) is 12.3. The molecule has 0 spiro atoms. The fourth-order valence-corrected chi connectivity index (χ4v) is 3.09. The number of hydrogen-bond acceptors (Lipinski definition) is 4. The smallest absolute Gasteiger partial charge is 0.327 e. The predicted molar refractivity (Wildman–Crippen MR) is 75.2 cm³/mol. The number of thioether (sulfide) groups is 1. The molecule has 0 aromatic heterocycles. The molecule has 0 bridgehead atoms. The first-order chi connectivity index (χ1) is 9.08.